The molecule has 0 saturated carbocycles. The Kier molecular flexibility index (Phi) is 4.19. The van der Waals surface area contributed by atoms with Crippen molar-refractivity contribution >= 4 is 21.7 Å². The van der Waals surface area contributed by atoms with Crippen molar-refractivity contribution in [2.45, 2.75) is 11.1 Å². The number of hydrogen-bond acceptors (Lipinski definition) is 3. The number of halogens is 3. The zero-order valence-electron chi connectivity index (χ0n) is 12.8. The van der Waals surface area contributed by atoms with Gasteiger partial charge in [0, 0.05) is 12.2 Å². The Hall–Kier alpha value is -2.55. The SMILES string of the molecule is O=C1N(c2ccccc2)CCN1S(=O)(=O)c1ccccc1C(F)(F)F. The first-order valence-corrected chi connectivity index (χ1v) is 8.72. The van der Waals surface area contributed by atoms with Crippen molar-refractivity contribution in [1.82, 2.24) is 4.31 Å². The molecule has 25 heavy (non-hydrogen) atoms. The van der Waals surface area contributed by atoms with Gasteiger partial charge in [0.1, 0.15) is 0 Å². The molecule has 132 valence electrons. The molecule has 1 aliphatic rings. The number of nitrogens with zero attached hydrogens (tertiary/aromatic N) is 2. The number of amides is 2. The third-order valence-corrected chi connectivity index (χ3v) is 5.63. The number of hydrogen-bond donors (Lipinski definition) is 0. The highest BCUT2D eigenvalue weighted by molar-refractivity contribution is 7.89. The minimum atomic E-state index is -4.84. The molecule has 0 unspecified atom stereocenters. The standard InChI is InChI=1S/C16H13F3N2O3S/c17-16(18,19)13-8-4-5-9-14(13)25(23,24)21-11-10-20(15(21)22)12-6-2-1-3-7-12/h1-9H,10-11H2. The summed E-state index contributed by atoms with van der Waals surface area (Å²) in [5, 5.41) is 0. The summed E-state index contributed by atoms with van der Waals surface area (Å²) >= 11 is 0. The molecule has 1 heterocycles. The van der Waals surface area contributed by atoms with E-state index in [2.05, 4.69) is 0 Å². The Balaban J connectivity index is 1.99. The van der Waals surface area contributed by atoms with Crippen molar-refractivity contribution in [3.8, 4) is 0 Å². The summed E-state index contributed by atoms with van der Waals surface area (Å²) in [7, 11) is -4.62. The molecule has 0 aromatic heterocycles. The Labute approximate surface area is 142 Å². The van der Waals surface area contributed by atoms with Crippen molar-refractivity contribution in [2.75, 3.05) is 18.0 Å². The van der Waals surface area contributed by atoms with Crippen LogP contribution in [0, 0.1) is 0 Å². The molecule has 2 aromatic rings. The van der Waals surface area contributed by atoms with Gasteiger partial charge < -0.3 is 0 Å². The average Bonchev–Trinajstić information content (AvgIpc) is 2.97. The lowest BCUT2D eigenvalue weighted by molar-refractivity contribution is -0.139. The highest BCUT2D eigenvalue weighted by atomic mass is 32.2. The van der Waals surface area contributed by atoms with Crippen LogP contribution in [-0.4, -0.2) is 31.8 Å². The minimum Gasteiger partial charge on any atom is -0.292 e. The van der Waals surface area contributed by atoms with Crippen LogP contribution in [0.25, 0.3) is 0 Å². The van der Waals surface area contributed by atoms with Crippen LogP contribution in [0.2, 0.25) is 0 Å². The van der Waals surface area contributed by atoms with Crippen molar-refractivity contribution < 1.29 is 26.4 Å². The van der Waals surface area contributed by atoms with Gasteiger partial charge >= 0.3 is 12.2 Å². The molecular formula is C16H13F3N2O3S. The van der Waals surface area contributed by atoms with E-state index >= 15 is 0 Å². The van der Waals surface area contributed by atoms with E-state index in [0.717, 1.165) is 12.1 Å². The van der Waals surface area contributed by atoms with E-state index in [-0.39, 0.29) is 13.1 Å². The molecule has 0 spiro atoms. The molecule has 1 fully saturated rings. The van der Waals surface area contributed by atoms with Gasteiger partial charge in [-0.1, -0.05) is 30.3 Å². The summed E-state index contributed by atoms with van der Waals surface area (Å²) in [6.45, 7) is -0.154. The third-order valence-electron chi connectivity index (χ3n) is 3.80. The first kappa shape index (κ1) is 17.3. The number of urea groups is 1. The molecule has 0 N–H and O–H groups in total. The zero-order chi connectivity index (χ0) is 18.2. The number of para-hydroxylation sites is 1. The number of carbonyl (C=O) groups is 1. The maximum Gasteiger partial charge on any atom is 0.417 e. The van der Waals surface area contributed by atoms with Gasteiger partial charge in [0.25, 0.3) is 10.0 Å². The lowest BCUT2D eigenvalue weighted by atomic mass is 10.2. The van der Waals surface area contributed by atoms with Crippen LogP contribution in [0.15, 0.2) is 59.5 Å². The van der Waals surface area contributed by atoms with E-state index in [1.165, 1.54) is 11.0 Å². The van der Waals surface area contributed by atoms with Gasteiger partial charge in [-0.05, 0) is 24.3 Å². The van der Waals surface area contributed by atoms with Gasteiger partial charge in [-0.15, -0.1) is 0 Å². The molecule has 0 radical (unpaired) electrons. The summed E-state index contributed by atoms with van der Waals surface area (Å²) in [6, 6.07) is 11.3. The van der Waals surface area contributed by atoms with E-state index in [9.17, 15) is 26.4 Å². The van der Waals surface area contributed by atoms with E-state index < -0.39 is 32.7 Å². The van der Waals surface area contributed by atoms with Crippen LogP contribution >= 0.6 is 0 Å². The fraction of sp³-hybridized carbons (Fsp3) is 0.188. The molecule has 0 atom stereocenters. The molecule has 5 nitrogen and oxygen atoms in total. The van der Waals surface area contributed by atoms with Crippen molar-refractivity contribution in [3.05, 3.63) is 60.2 Å². The second-order valence-electron chi connectivity index (χ2n) is 5.34. The van der Waals surface area contributed by atoms with Crippen LogP contribution in [0.3, 0.4) is 0 Å². The average molecular weight is 370 g/mol. The molecule has 0 aliphatic carbocycles. The van der Waals surface area contributed by atoms with Crippen molar-refractivity contribution in [3.63, 3.8) is 0 Å². The van der Waals surface area contributed by atoms with E-state index in [4.69, 9.17) is 0 Å². The number of rotatable bonds is 3. The van der Waals surface area contributed by atoms with Crippen LogP contribution in [0.5, 0.6) is 0 Å². The van der Waals surface area contributed by atoms with Gasteiger partial charge in [0.2, 0.25) is 0 Å². The zero-order valence-corrected chi connectivity index (χ0v) is 13.6. The third kappa shape index (κ3) is 3.07. The number of alkyl halides is 3. The van der Waals surface area contributed by atoms with Crippen LogP contribution in [-0.2, 0) is 16.2 Å². The highest BCUT2D eigenvalue weighted by Crippen LogP contribution is 2.36. The molecule has 1 aliphatic heterocycles. The lowest BCUT2D eigenvalue weighted by Crippen LogP contribution is -2.37. The van der Waals surface area contributed by atoms with Gasteiger partial charge in [-0.2, -0.15) is 13.2 Å². The van der Waals surface area contributed by atoms with Crippen LogP contribution < -0.4 is 4.90 Å². The molecule has 3 rings (SSSR count). The molecule has 2 aromatic carbocycles. The fourth-order valence-corrected chi connectivity index (χ4v) is 4.21. The molecule has 1 saturated heterocycles. The molecule has 2 amide bonds. The normalized spacial score (nSPS) is 15.7. The van der Waals surface area contributed by atoms with E-state index in [1.54, 1.807) is 30.3 Å². The summed E-state index contributed by atoms with van der Waals surface area (Å²) in [6.07, 6.45) is -4.84. The molecule has 0 bridgehead atoms. The first-order chi connectivity index (χ1) is 11.7. The highest BCUT2D eigenvalue weighted by Gasteiger charge is 2.43. The lowest BCUT2D eigenvalue weighted by Gasteiger charge is -2.20. The predicted molar refractivity (Wildman–Crippen MR) is 84.5 cm³/mol. The fourth-order valence-electron chi connectivity index (χ4n) is 2.63. The maximum atomic E-state index is 13.1. The van der Waals surface area contributed by atoms with Gasteiger partial charge in [0.05, 0.1) is 17.0 Å². The second kappa shape index (κ2) is 6.07. The van der Waals surface area contributed by atoms with Crippen molar-refractivity contribution in [1.29, 1.82) is 0 Å². The number of sulfonamides is 1. The number of benzene rings is 2. The van der Waals surface area contributed by atoms with Crippen LogP contribution in [0.1, 0.15) is 5.56 Å². The number of carbonyl (C=O) groups excluding carboxylic acids is 1. The van der Waals surface area contributed by atoms with Gasteiger partial charge in [-0.3, -0.25) is 4.90 Å². The van der Waals surface area contributed by atoms with Crippen LogP contribution in [0.4, 0.5) is 23.7 Å². The van der Waals surface area contributed by atoms with Gasteiger partial charge in [0.15, 0.2) is 0 Å². The number of anilines is 1. The van der Waals surface area contributed by atoms with E-state index in [0.29, 0.717) is 16.1 Å². The minimum absolute atomic E-state index is 0.0657. The van der Waals surface area contributed by atoms with Crippen molar-refractivity contribution in [2.24, 2.45) is 0 Å². The molecule has 9 heteroatoms. The Bertz CT molecular complexity index is 898. The quantitative estimate of drug-likeness (QED) is 0.833. The Morgan fingerprint density at radius 2 is 1.48 bits per heavy atom. The Morgan fingerprint density at radius 1 is 0.880 bits per heavy atom. The smallest absolute Gasteiger partial charge is 0.292 e. The first-order valence-electron chi connectivity index (χ1n) is 7.28. The summed E-state index contributed by atoms with van der Waals surface area (Å²) in [5.74, 6) is 0. The topological polar surface area (TPSA) is 57.7 Å². The maximum absolute atomic E-state index is 13.1. The summed E-state index contributed by atoms with van der Waals surface area (Å²) < 4.78 is 65.2. The largest absolute Gasteiger partial charge is 0.417 e. The summed E-state index contributed by atoms with van der Waals surface area (Å²) in [4.78, 5) is 12.8. The van der Waals surface area contributed by atoms with E-state index in [1.807, 2.05) is 0 Å². The van der Waals surface area contributed by atoms with Gasteiger partial charge in [-0.25, -0.2) is 17.5 Å². The molecular weight excluding hydrogens is 357 g/mol. The predicted octanol–water partition coefficient (Wildman–Crippen LogP) is 3.34. The second-order valence-corrected chi connectivity index (χ2v) is 7.17. The summed E-state index contributed by atoms with van der Waals surface area (Å²) in [5.41, 5.74) is -0.810. The monoisotopic (exact) mass is 370 g/mol. The Morgan fingerprint density at radius 3 is 2.12 bits per heavy atom.